The first-order valence-electron chi connectivity index (χ1n) is 16.0. The quantitative estimate of drug-likeness (QED) is 0.106. The van der Waals surface area contributed by atoms with Crippen LogP contribution in [0.5, 0.6) is 0 Å². The van der Waals surface area contributed by atoms with Crippen LogP contribution >= 0.6 is 0 Å². The van der Waals surface area contributed by atoms with Crippen LogP contribution in [-0.4, -0.2) is 66.3 Å². The smallest absolute Gasteiger partial charge is 0.407 e. The average molecular weight is 567 g/mol. The third-order valence-corrected chi connectivity index (χ3v) is 6.87. The van der Waals surface area contributed by atoms with E-state index in [0.717, 1.165) is 32.1 Å². The van der Waals surface area contributed by atoms with Gasteiger partial charge in [-0.15, -0.1) is 0 Å². The van der Waals surface area contributed by atoms with E-state index < -0.39 is 6.09 Å². The van der Waals surface area contributed by atoms with E-state index in [1.54, 1.807) is 0 Å². The number of alkyl carbamates (subject to hydrolysis) is 1. The molecular formula is C31H58N4O5. The Balaban J connectivity index is 2.56. The van der Waals surface area contributed by atoms with Crippen LogP contribution in [0, 0.1) is 0 Å². The molecule has 0 saturated carbocycles. The molecule has 0 saturated heterocycles. The summed E-state index contributed by atoms with van der Waals surface area (Å²) in [6, 6.07) is 0. The number of rotatable bonds is 28. The maximum atomic E-state index is 12.6. The molecular weight excluding hydrogens is 508 g/mol. The van der Waals surface area contributed by atoms with Crippen LogP contribution < -0.4 is 5.32 Å². The van der Waals surface area contributed by atoms with Crippen LogP contribution in [-0.2, 0) is 25.5 Å². The lowest BCUT2D eigenvalue weighted by Gasteiger charge is -2.23. The zero-order valence-electron chi connectivity index (χ0n) is 25.7. The van der Waals surface area contributed by atoms with E-state index in [-0.39, 0.29) is 18.8 Å². The molecule has 0 aliphatic carbocycles. The van der Waals surface area contributed by atoms with Crippen molar-refractivity contribution in [2.24, 2.45) is 0 Å². The summed E-state index contributed by atoms with van der Waals surface area (Å²) in [6.07, 6.45) is 21.0. The fourth-order valence-corrected chi connectivity index (χ4v) is 4.47. The molecule has 1 rings (SSSR count). The van der Waals surface area contributed by atoms with E-state index in [4.69, 9.17) is 18.9 Å². The van der Waals surface area contributed by atoms with Crippen molar-refractivity contribution >= 4 is 6.09 Å². The van der Waals surface area contributed by atoms with Gasteiger partial charge in [0.1, 0.15) is 18.8 Å². The molecule has 1 aromatic heterocycles. The Bertz CT molecular complexity index is 683. The fraction of sp³-hybridized carbons (Fsp3) is 0.871. The summed E-state index contributed by atoms with van der Waals surface area (Å²) in [5, 5.41) is 2.75. The summed E-state index contributed by atoms with van der Waals surface area (Å²) in [5.74, 6) is 0.491. The van der Waals surface area contributed by atoms with Crippen LogP contribution in [0.1, 0.15) is 129 Å². The highest BCUT2D eigenvalue weighted by molar-refractivity contribution is 5.67. The van der Waals surface area contributed by atoms with Crippen molar-refractivity contribution in [3.8, 4) is 0 Å². The van der Waals surface area contributed by atoms with Gasteiger partial charge in [-0.2, -0.15) is 0 Å². The van der Waals surface area contributed by atoms with Crippen molar-refractivity contribution in [2.45, 2.75) is 142 Å². The number of carbonyl (C=O) groups is 1. The van der Waals surface area contributed by atoms with Gasteiger partial charge in [-0.1, -0.05) is 97.3 Å². The van der Waals surface area contributed by atoms with Crippen LogP contribution in [0.25, 0.3) is 0 Å². The van der Waals surface area contributed by atoms with Crippen LogP contribution in [0.15, 0.2) is 12.7 Å². The Morgan fingerprint density at radius 3 is 1.88 bits per heavy atom. The highest BCUT2D eigenvalue weighted by Crippen LogP contribution is 2.15. The highest BCUT2D eigenvalue weighted by atomic mass is 16.6. The van der Waals surface area contributed by atoms with Gasteiger partial charge in [0.15, 0.2) is 5.82 Å². The fourth-order valence-electron chi connectivity index (χ4n) is 4.47. The topological polar surface area (TPSA) is 105 Å². The molecule has 0 radical (unpaired) electrons. The second-order valence-electron chi connectivity index (χ2n) is 10.5. The number of hydrogen-bond donors (Lipinski definition) is 1. The summed E-state index contributed by atoms with van der Waals surface area (Å²) in [7, 11) is 0. The molecule has 40 heavy (non-hydrogen) atoms. The van der Waals surface area contributed by atoms with E-state index >= 15 is 0 Å². The summed E-state index contributed by atoms with van der Waals surface area (Å²) < 4.78 is 23.4. The van der Waals surface area contributed by atoms with E-state index in [1.165, 1.54) is 83.3 Å². The summed E-state index contributed by atoms with van der Waals surface area (Å²) in [4.78, 5) is 24.5. The minimum atomic E-state index is -0.478. The van der Waals surface area contributed by atoms with E-state index in [0.29, 0.717) is 38.9 Å². The normalized spacial score (nSPS) is 12.8. The molecule has 1 N–H and O–H groups in total. The van der Waals surface area contributed by atoms with Crippen molar-refractivity contribution in [1.29, 1.82) is 0 Å². The van der Waals surface area contributed by atoms with Crippen molar-refractivity contribution in [2.75, 3.05) is 33.0 Å². The molecule has 0 spiro atoms. The summed E-state index contributed by atoms with van der Waals surface area (Å²) in [5.41, 5.74) is 0. The van der Waals surface area contributed by atoms with Gasteiger partial charge in [-0.05, 0) is 26.2 Å². The molecule has 232 valence electrons. The molecule has 1 aromatic rings. The largest absolute Gasteiger partial charge is 0.444 e. The molecule has 0 bridgehead atoms. The number of aromatic nitrogens is 3. The summed E-state index contributed by atoms with van der Waals surface area (Å²) in [6.45, 7) is 9.39. The Kier molecular flexibility index (Phi) is 24.7. The third-order valence-electron chi connectivity index (χ3n) is 6.87. The molecule has 0 aliphatic heterocycles. The lowest BCUT2D eigenvalue weighted by atomic mass is 10.1. The molecule has 2 unspecified atom stereocenters. The molecule has 0 aliphatic rings. The predicted molar refractivity (Wildman–Crippen MR) is 159 cm³/mol. The third kappa shape index (κ3) is 21.9. The van der Waals surface area contributed by atoms with Gasteiger partial charge >= 0.3 is 6.09 Å². The van der Waals surface area contributed by atoms with Gasteiger partial charge in [0.2, 0.25) is 0 Å². The van der Waals surface area contributed by atoms with Gasteiger partial charge in [0.25, 0.3) is 0 Å². The Morgan fingerprint density at radius 2 is 1.27 bits per heavy atom. The number of amides is 1. The lowest BCUT2D eigenvalue weighted by molar-refractivity contribution is -0.0633. The first kappa shape index (κ1) is 36.2. The highest BCUT2D eigenvalue weighted by Gasteiger charge is 2.18. The van der Waals surface area contributed by atoms with Crippen LogP contribution in [0.2, 0.25) is 0 Å². The van der Waals surface area contributed by atoms with Crippen molar-refractivity contribution in [3.63, 3.8) is 0 Å². The zero-order chi connectivity index (χ0) is 28.9. The number of nitrogens with one attached hydrogen (secondary N) is 1. The van der Waals surface area contributed by atoms with Gasteiger partial charge < -0.3 is 24.3 Å². The van der Waals surface area contributed by atoms with Crippen LogP contribution in [0.3, 0.4) is 0 Å². The second kappa shape index (κ2) is 27.3. The molecule has 1 amide bonds. The first-order chi connectivity index (χ1) is 19.7. The second-order valence-corrected chi connectivity index (χ2v) is 10.5. The van der Waals surface area contributed by atoms with Crippen molar-refractivity contribution in [3.05, 3.63) is 18.5 Å². The number of nitrogens with zero attached hydrogens (tertiary/aromatic N) is 3. The number of ether oxygens (including phenoxy) is 4. The van der Waals surface area contributed by atoms with Gasteiger partial charge in [-0.3, -0.25) is 0 Å². The number of carbonyl (C=O) groups excluding carboxylic acids is 1. The van der Waals surface area contributed by atoms with Gasteiger partial charge in [0.05, 0.1) is 39.1 Å². The Hall–Kier alpha value is -1.84. The minimum absolute atomic E-state index is 0.0225. The van der Waals surface area contributed by atoms with Crippen molar-refractivity contribution < 1.29 is 23.7 Å². The Labute approximate surface area is 243 Å². The number of unbranched alkanes of at least 4 members (excludes halogenated alkanes) is 12. The molecule has 1 heterocycles. The Morgan fingerprint density at radius 1 is 0.725 bits per heavy atom. The lowest BCUT2D eigenvalue weighted by Crippen LogP contribution is -2.33. The predicted octanol–water partition coefficient (Wildman–Crippen LogP) is 7.19. The van der Waals surface area contributed by atoms with Gasteiger partial charge in [0, 0.05) is 6.61 Å². The zero-order valence-corrected chi connectivity index (χ0v) is 25.7. The summed E-state index contributed by atoms with van der Waals surface area (Å²) >= 11 is 0. The van der Waals surface area contributed by atoms with E-state index in [2.05, 4.69) is 34.1 Å². The SMILES string of the molecule is CCCCCCCCCC(COCCOCC)OCC(CCCCCCCCC)OC(=O)NCc1ncncn1. The van der Waals surface area contributed by atoms with Crippen molar-refractivity contribution in [1.82, 2.24) is 20.3 Å². The monoisotopic (exact) mass is 566 g/mol. The van der Waals surface area contributed by atoms with Gasteiger partial charge in [-0.25, -0.2) is 19.7 Å². The maximum Gasteiger partial charge on any atom is 0.407 e. The number of hydrogen-bond acceptors (Lipinski definition) is 8. The molecule has 0 aromatic carbocycles. The van der Waals surface area contributed by atoms with E-state index in [1.807, 2.05) is 6.92 Å². The first-order valence-corrected chi connectivity index (χ1v) is 16.0. The molecule has 9 heteroatoms. The standard InChI is InChI=1S/C31H58N4O5/c1-4-7-9-11-13-15-17-19-28(24-38-22-21-37-6-3)39-25-29(20-18-16-14-12-10-8-5-2)40-31(36)33-23-30-34-26-32-27-35-30/h26-29H,4-25H2,1-3H3,(H,33,36). The maximum absolute atomic E-state index is 12.6. The average Bonchev–Trinajstić information content (AvgIpc) is 2.97. The van der Waals surface area contributed by atoms with E-state index in [9.17, 15) is 4.79 Å². The molecule has 2 atom stereocenters. The minimum Gasteiger partial charge on any atom is -0.444 e. The van der Waals surface area contributed by atoms with Crippen LogP contribution in [0.4, 0.5) is 4.79 Å². The molecule has 9 nitrogen and oxygen atoms in total. The molecule has 0 fully saturated rings.